The van der Waals surface area contributed by atoms with Crippen molar-refractivity contribution < 1.29 is 4.74 Å². The van der Waals surface area contributed by atoms with Gasteiger partial charge in [-0.1, -0.05) is 20.8 Å². The van der Waals surface area contributed by atoms with Crippen LogP contribution in [0.5, 0.6) is 0 Å². The molecule has 0 bridgehead atoms. The number of hydrogen-bond acceptors (Lipinski definition) is 2. The van der Waals surface area contributed by atoms with Crippen molar-refractivity contribution in [2.75, 3.05) is 13.2 Å². The smallest absolute Gasteiger partial charge is 0.183 e. The van der Waals surface area contributed by atoms with E-state index in [1.54, 1.807) is 0 Å². The molecular formula is C8H17NO. The molecule has 0 aromatic rings. The average Bonchev–Trinajstić information content (AvgIpc) is 2.46. The van der Waals surface area contributed by atoms with Gasteiger partial charge in [0.25, 0.3) is 0 Å². The lowest BCUT2D eigenvalue weighted by Crippen LogP contribution is -1.96. The Hall–Kier alpha value is -0.530. The van der Waals surface area contributed by atoms with Gasteiger partial charge in [0.05, 0.1) is 6.54 Å². The summed E-state index contributed by atoms with van der Waals surface area (Å²) >= 11 is 0. The molecule has 0 spiro atoms. The minimum absolute atomic E-state index is 0.801. The fourth-order valence-electron chi connectivity index (χ4n) is 0.745. The highest BCUT2D eigenvalue weighted by Gasteiger charge is 2.03. The maximum atomic E-state index is 5.14. The van der Waals surface area contributed by atoms with E-state index in [0.29, 0.717) is 0 Å². The molecule has 0 amide bonds. The quantitative estimate of drug-likeness (QED) is 0.581. The van der Waals surface area contributed by atoms with Crippen molar-refractivity contribution in [1.82, 2.24) is 0 Å². The summed E-state index contributed by atoms with van der Waals surface area (Å²) in [4.78, 5) is 4.12. The first-order valence-electron chi connectivity index (χ1n) is 4.09. The molecule has 0 aromatic heterocycles. The summed E-state index contributed by atoms with van der Waals surface area (Å²) < 4.78 is 5.14. The summed E-state index contributed by atoms with van der Waals surface area (Å²) in [7, 11) is 0. The largest absolute Gasteiger partial charge is 0.479 e. The zero-order valence-electron chi connectivity index (χ0n) is 7.18. The van der Waals surface area contributed by atoms with E-state index in [4.69, 9.17) is 4.74 Å². The third kappa shape index (κ3) is 3.49. The van der Waals surface area contributed by atoms with Crippen LogP contribution in [0, 0.1) is 0 Å². The van der Waals surface area contributed by atoms with Crippen LogP contribution < -0.4 is 0 Å². The van der Waals surface area contributed by atoms with E-state index in [0.717, 1.165) is 31.9 Å². The van der Waals surface area contributed by atoms with Gasteiger partial charge in [0.15, 0.2) is 5.90 Å². The Kier molecular flexibility index (Phi) is 6.24. The van der Waals surface area contributed by atoms with Crippen molar-refractivity contribution >= 4 is 5.90 Å². The minimum Gasteiger partial charge on any atom is -0.479 e. The summed E-state index contributed by atoms with van der Waals surface area (Å²) in [6.45, 7) is 7.80. The second-order valence-corrected chi connectivity index (χ2v) is 1.87. The Morgan fingerprint density at radius 3 is 2.60 bits per heavy atom. The Balaban J connectivity index is 0.000000371. The lowest BCUT2D eigenvalue weighted by Gasteiger charge is -1.95. The minimum atomic E-state index is 0.801. The normalized spacial score (nSPS) is 14.9. The van der Waals surface area contributed by atoms with Crippen LogP contribution in [0.3, 0.4) is 0 Å². The third-order valence-corrected chi connectivity index (χ3v) is 1.11. The number of nitrogens with zero attached hydrogens (tertiary/aromatic N) is 1. The molecule has 10 heavy (non-hydrogen) atoms. The van der Waals surface area contributed by atoms with Crippen molar-refractivity contribution in [2.24, 2.45) is 4.99 Å². The zero-order valence-corrected chi connectivity index (χ0v) is 7.18. The highest BCUT2D eigenvalue weighted by atomic mass is 16.5. The molecule has 0 aromatic carbocycles. The third-order valence-electron chi connectivity index (χ3n) is 1.11. The lowest BCUT2D eigenvalue weighted by atomic mass is 10.3. The maximum Gasteiger partial charge on any atom is 0.183 e. The molecule has 0 aliphatic carbocycles. The second kappa shape index (κ2) is 6.59. The van der Waals surface area contributed by atoms with E-state index < -0.39 is 0 Å². The molecule has 60 valence electrons. The maximum absolute atomic E-state index is 5.14. The number of ether oxygens (including phenoxy) is 1. The Bertz CT molecular complexity index is 99.4. The van der Waals surface area contributed by atoms with Gasteiger partial charge in [-0.2, -0.15) is 0 Å². The van der Waals surface area contributed by atoms with Gasteiger partial charge in [-0.05, 0) is 6.42 Å². The van der Waals surface area contributed by atoms with Crippen molar-refractivity contribution in [3.05, 3.63) is 0 Å². The Labute approximate surface area is 63.3 Å². The van der Waals surface area contributed by atoms with Crippen LogP contribution in [-0.2, 0) is 4.74 Å². The van der Waals surface area contributed by atoms with Gasteiger partial charge in [0.1, 0.15) is 6.61 Å². The molecule has 1 heterocycles. The van der Waals surface area contributed by atoms with Gasteiger partial charge in [-0.3, -0.25) is 4.99 Å². The predicted molar refractivity (Wildman–Crippen MR) is 44.5 cm³/mol. The first kappa shape index (κ1) is 9.47. The van der Waals surface area contributed by atoms with E-state index in [9.17, 15) is 0 Å². The summed E-state index contributed by atoms with van der Waals surface area (Å²) in [6.07, 6.45) is 2.15. The van der Waals surface area contributed by atoms with E-state index in [1.807, 2.05) is 13.8 Å². The molecule has 0 N–H and O–H groups in total. The fourth-order valence-corrected chi connectivity index (χ4v) is 0.745. The van der Waals surface area contributed by atoms with Crippen molar-refractivity contribution in [1.29, 1.82) is 0 Å². The van der Waals surface area contributed by atoms with Crippen LogP contribution in [-0.4, -0.2) is 19.0 Å². The highest BCUT2D eigenvalue weighted by Crippen LogP contribution is 1.99. The van der Waals surface area contributed by atoms with E-state index in [1.165, 1.54) is 0 Å². The summed E-state index contributed by atoms with van der Waals surface area (Å²) in [5.74, 6) is 0.951. The van der Waals surface area contributed by atoms with E-state index in [-0.39, 0.29) is 0 Å². The summed E-state index contributed by atoms with van der Waals surface area (Å²) in [5, 5.41) is 0. The fraction of sp³-hybridized carbons (Fsp3) is 0.875. The topological polar surface area (TPSA) is 21.6 Å². The standard InChI is InChI=1S/C6H11NO.C2H6/c1-2-3-6-7-4-5-8-6;1-2/h2-5H2,1H3;1-2H3. The van der Waals surface area contributed by atoms with Crippen molar-refractivity contribution in [3.8, 4) is 0 Å². The van der Waals surface area contributed by atoms with Crippen molar-refractivity contribution in [3.63, 3.8) is 0 Å². The monoisotopic (exact) mass is 143 g/mol. The van der Waals surface area contributed by atoms with Gasteiger partial charge in [0.2, 0.25) is 0 Å². The second-order valence-electron chi connectivity index (χ2n) is 1.87. The first-order chi connectivity index (χ1) is 4.93. The summed E-state index contributed by atoms with van der Waals surface area (Å²) in [5.41, 5.74) is 0. The highest BCUT2D eigenvalue weighted by molar-refractivity contribution is 5.77. The van der Waals surface area contributed by atoms with Gasteiger partial charge in [0, 0.05) is 6.42 Å². The molecule has 1 aliphatic heterocycles. The molecule has 2 nitrogen and oxygen atoms in total. The van der Waals surface area contributed by atoms with Crippen LogP contribution in [0.4, 0.5) is 0 Å². The number of hydrogen-bond donors (Lipinski definition) is 0. The van der Waals surface area contributed by atoms with Crippen LogP contribution in [0.2, 0.25) is 0 Å². The SMILES string of the molecule is CC.CCCC1=NCCO1. The molecule has 0 unspecified atom stereocenters. The molecule has 1 aliphatic rings. The summed E-state index contributed by atoms with van der Waals surface area (Å²) in [6, 6.07) is 0. The zero-order chi connectivity index (χ0) is 7.82. The van der Waals surface area contributed by atoms with E-state index >= 15 is 0 Å². The number of aliphatic imine (C=N–C) groups is 1. The Morgan fingerprint density at radius 2 is 2.20 bits per heavy atom. The Morgan fingerprint density at radius 1 is 1.50 bits per heavy atom. The van der Waals surface area contributed by atoms with Gasteiger partial charge in [-0.15, -0.1) is 0 Å². The molecule has 0 saturated carbocycles. The predicted octanol–water partition coefficient (Wildman–Crippen LogP) is 2.24. The molecular weight excluding hydrogens is 126 g/mol. The molecule has 0 radical (unpaired) electrons. The van der Waals surface area contributed by atoms with Crippen LogP contribution in [0.15, 0.2) is 4.99 Å². The molecule has 1 rings (SSSR count). The van der Waals surface area contributed by atoms with Crippen LogP contribution in [0.25, 0.3) is 0 Å². The first-order valence-corrected chi connectivity index (χ1v) is 4.09. The molecule has 0 saturated heterocycles. The van der Waals surface area contributed by atoms with Gasteiger partial charge >= 0.3 is 0 Å². The molecule has 0 fully saturated rings. The lowest BCUT2D eigenvalue weighted by molar-refractivity contribution is 0.338. The van der Waals surface area contributed by atoms with Crippen LogP contribution in [0.1, 0.15) is 33.6 Å². The molecule has 0 atom stereocenters. The van der Waals surface area contributed by atoms with E-state index in [2.05, 4.69) is 11.9 Å². The van der Waals surface area contributed by atoms with Crippen LogP contribution >= 0.6 is 0 Å². The average molecular weight is 143 g/mol. The van der Waals surface area contributed by atoms with Gasteiger partial charge < -0.3 is 4.74 Å². The van der Waals surface area contributed by atoms with Crippen molar-refractivity contribution in [2.45, 2.75) is 33.6 Å². The molecule has 2 heteroatoms. The van der Waals surface area contributed by atoms with Gasteiger partial charge in [-0.25, -0.2) is 0 Å². The number of rotatable bonds is 2.